The first-order chi connectivity index (χ1) is 14.7. The Morgan fingerprint density at radius 3 is 2.61 bits per heavy atom. The molecule has 31 heavy (non-hydrogen) atoms. The molecule has 0 saturated heterocycles. The number of halogens is 5. The molecule has 0 aliphatic heterocycles. The van der Waals surface area contributed by atoms with Crippen molar-refractivity contribution in [2.24, 2.45) is 0 Å². The summed E-state index contributed by atoms with van der Waals surface area (Å²) in [6.45, 7) is -0.472. The smallest absolute Gasteiger partial charge is 0.416 e. The molecule has 1 unspecified atom stereocenters. The van der Waals surface area contributed by atoms with Gasteiger partial charge < -0.3 is 15.2 Å². The van der Waals surface area contributed by atoms with Crippen molar-refractivity contribution < 1.29 is 32.2 Å². The number of nitrogens with zero attached hydrogens (tertiary/aromatic N) is 1. The van der Waals surface area contributed by atoms with Crippen LogP contribution in [-0.2, 0) is 6.18 Å². The lowest BCUT2D eigenvalue weighted by molar-refractivity contribution is -0.139. The molecule has 162 valence electrons. The molecular formula is C21H15BrF4N2O3. The van der Waals surface area contributed by atoms with Gasteiger partial charge in [-0.3, -0.25) is 4.79 Å². The van der Waals surface area contributed by atoms with E-state index in [-0.39, 0.29) is 22.8 Å². The third-order valence-corrected chi connectivity index (χ3v) is 4.82. The summed E-state index contributed by atoms with van der Waals surface area (Å²) < 4.78 is 58.5. The molecule has 5 nitrogen and oxygen atoms in total. The van der Waals surface area contributed by atoms with Crippen molar-refractivity contribution in [3.63, 3.8) is 0 Å². The number of amides is 1. The summed E-state index contributed by atoms with van der Waals surface area (Å²) in [6.07, 6.45) is -4.86. The molecule has 0 aliphatic rings. The molecule has 3 aromatic rings. The Bertz CT molecular complexity index is 1090. The van der Waals surface area contributed by atoms with Gasteiger partial charge in [0.05, 0.1) is 16.1 Å². The van der Waals surface area contributed by atoms with Crippen LogP contribution in [0, 0.1) is 5.82 Å². The summed E-state index contributed by atoms with van der Waals surface area (Å²) in [5, 5.41) is 12.6. The van der Waals surface area contributed by atoms with Gasteiger partial charge in [0, 0.05) is 12.7 Å². The lowest BCUT2D eigenvalue weighted by Gasteiger charge is -2.18. The van der Waals surface area contributed by atoms with Gasteiger partial charge in [0.1, 0.15) is 17.1 Å². The first kappa shape index (κ1) is 22.7. The summed E-state index contributed by atoms with van der Waals surface area (Å²) in [6, 6.07) is 11.1. The molecule has 0 radical (unpaired) electrons. The van der Waals surface area contributed by atoms with Crippen molar-refractivity contribution >= 4 is 21.8 Å². The SMILES string of the molecule is O=C(NCC(O)c1ccccc1C(F)(F)F)c1cccnc1Oc1ccc(F)cc1Br. The molecule has 3 rings (SSSR count). The number of aliphatic hydroxyl groups excluding tert-OH is 1. The van der Waals surface area contributed by atoms with Crippen LogP contribution < -0.4 is 10.1 Å². The molecule has 0 fully saturated rings. The highest BCUT2D eigenvalue weighted by Gasteiger charge is 2.34. The fourth-order valence-corrected chi connectivity index (χ4v) is 3.18. The zero-order valence-corrected chi connectivity index (χ0v) is 17.2. The zero-order valence-electron chi connectivity index (χ0n) is 15.7. The van der Waals surface area contributed by atoms with Crippen molar-refractivity contribution in [2.75, 3.05) is 6.54 Å². The lowest BCUT2D eigenvalue weighted by atomic mass is 10.0. The summed E-state index contributed by atoms with van der Waals surface area (Å²) in [7, 11) is 0. The summed E-state index contributed by atoms with van der Waals surface area (Å²) >= 11 is 3.15. The largest absolute Gasteiger partial charge is 0.437 e. The second kappa shape index (κ2) is 9.44. The zero-order chi connectivity index (χ0) is 22.6. The molecule has 0 spiro atoms. The van der Waals surface area contributed by atoms with E-state index in [9.17, 15) is 27.5 Å². The minimum absolute atomic E-state index is 0.0185. The number of ether oxygens (including phenoxy) is 1. The van der Waals surface area contributed by atoms with Gasteiger partial charge in [0.25, 0.3) is 5.91 Å². The van der Waals surface area contributed by atoms with Crippen LogP contribution in [0.15, 0.2) is 65.3 Å². The highest BCUT2D eigenvalue weighted by Crippen LogP contribution is 2.34. The predicted octanol–water partition coefficient (Wildman–Crippen LogP) is 5.26. The second-order valence-electron chi connectivity index (χ2n) is 6.34. The quantitative estimate of drug-likeness (QED) is 0.455. The van der Waals surface area contributed by atoms with E-state index < -0.39 is 36.1 Å². The molecule has 1 atom stereocenters. The Labute approximate surface area is 182 Å². The fraction of sp³-hybridized carbons (Fsp3) is 0.143. The van der Waals surface area contributed by atoms with Crippen LogP contribution in [0.5, 0.6) is 11.6 Å². The number of aliphatic hydroxyl groups is 1. The number of carbonyl (C=O) groups is 1. The molecule has 2 N–H and O–H groups in total. The normalized spacial score (nSPS) is 12.3. The molecule has 1 heterocycles. The number of nitrogens with one attached hydrogen (secondary N) is 1. The Morgan fingerprint density at radius 1 is 1.16 bits per heavy atom. The van der Waals surface area contributed by atoms with Crippen LogP contribution in [0.4, 0.5) is 17.6 Å². The first-order valence-electron chi connectivity index (χ1n) is 8.87. The monoisotopic (exact) mass is 498 g/mol. The van der Waals surface area contributed by atoms with E-state index in [4.69, 9.17) is 4.74 Å². The Balaban J connectivity index is 1.75. The minimum atomic E-state index is -4.64. The number of alkyl halides is 3. The standard InChI is InChI=1S/C21H15BrF4N2O3/c22-16-10-12(23)7-8-18(16)31-20-14(5-3-9-27-20)19(30)28-11-17(29)13-4-1-2-6-15(13)21(24,25)26/h1-10,17,29H,11H2,(H,28,30). The van der Waals surface area contributed by atoms with Crippen molar-refractivity contribution in [1.29, 1.82) is 0 Å². The van der Waals surface area contributed by atoms with Crippen LogP contribution in [0.1, 0.15) is 27.6 Å². The molecule has 1 aromatic heterocycles. The van der Waals surface area contributed by atoms with E-state index in [1.807, 2.05) is 0 Å². The Hall–Kier alpha value is -2.98. The maximum Gasteiger partial charge on any atom is 0.416 e. The van der Waals surface area contributed by atoms with Gasteiger partial charge in [-0.15, -0.1) is 0 Å². The van der Waals surface area contributed by atoms with E-state index in [1.54, 1.807) is 0 Å². The molecule has 0 bridgehead atoms. The number of carbonyl (C=O) groups excluding carboxylic acids is 1. The van der Waals surface area contributed by atoms with E-state index >= 15 is 0 Å². The van der Waals surface area contributed by atoms with E-state index in [2.05, 4.69) is 26.2 Å². The second-order valence-corrected chi connectivity index (χ2v) is 7.20. The van der Waals surface area contributed by atoms with E-state index in [1.165, 1.54) is 42.6 Å². The summed E-state index contributed by atoms with van der Waals surface area (Å²) in [5.41, 5.74) is -1.36. The fourth-order valence-electron chi connectivity index (χ4n) is 2.75. The number of hydrogen-bond donors (Lipinski definition) is 2. The first-order valence-corrected chi connectivity index (χ1v) is 9.66. The van der Waals surface area contributed by atoms with Crippen LogP contribution in [0.25, 0.3) is 0 Å². The van der Waals surface area contributed by atoms with Gasteiger partial charge in [-0.05, 0) is 57.9 Å². The van der Waals surface area contributed by atoms with Crippen molar-refractivity contribution in [1.82, 2.24) is 10.3 Å². The average molecular weight is 499 g/mol. The lowest BCUT2D eigenvalue weighted by Crippen LogP contribution is -2.29. The highest BCUT2D eigenvalue weighted by atomic mass is 79.9. The van der Waals surface area contributed by atoms with Gasteiger partial charge in [-0.25, -0.2) is 9.37 Å². The average Bonchev–Trinajstić information content (AvgIpc) is 2.73. The topological polar surface area (TPSA) is 71.5 Å². The van der Waals surface area contributed by atoms with E-state index in [0.29, 0.717) is 4.47 Å². The summed E-state index contributed by atoms with van der Waals surface area (Å²) in [4.78, 5) is 16.6. The van der Waals surface area contributed by atoms with Crippen LogP contribution in [0.3, 0.4) is 0 Å². The molecule has 2 aromatic carbocycles. The predicted molar refractivity (Wildman–Crippen MR) is 107 cm³/mol. The van der Waals surface area contributed by atoms with Gasteiger partial charge in [-0.1, -0.05) is 18.2 Å². The maximum atomic E-state index is 13.3. The summed E-state index contributed by atoms with van der Waals surface area (Å²) in [5.74, 6) is -1.11. The molecule has 0 saturated carbocycles. The number of hydrogen-bond acceptors (Lipinski definition) is 4. The van der Waals surface area contributed by atoms with Crippen LogP contribution in [0.2, 0.25) is 0 Å². The Morgan fingerprint density at radius 2 is 1.90 bits per heavy atom. The minimum Gasteiger partial charge on any atom is -0.437 e. The number of pyridine rings is 1. The third-order valence-electron chi connectivity index (χ3n) is 4.20. The Kier molecular flexibility index (Phi) is 6.91. The van der Waals surface area contributed by atoms with Crippen molar-refractivity contribution in [3.8, 4) is 11.6 Å². The van der Waals surface area contributed by atoms with E-state index in [0.717, 1.165) is 18.2 Å². The molecule has 1 amide bonds. The molecule has 10 heteroatoms. The van der Waals surface area contributed by atoms with Gasteiger partial charge in [0.2, 0.25) is 5.88 Å². The maximum absolute atomic E-state index is 13.3. The molecular weight excluding hydrogens is 484 g/mol. The molecule has 0 aliphatic carbocycles. The van der Waals surface area contributed by atoms with Crippen molar-refractivity contribution in [3.05, 3.63) is 87.8 Å². The van der Waals surface area contributed by atoms with Gasteiger partial charge >= 0.3 is 6.18 Å². The van der Waals surface area contributed by atoms with Gasteiger partial charge in [-0.2, -0.15) is 13.2 Å². The van der Waals surface area contributed by atoms with Crippen molar-refractivity contribution in [2.45, 2.75) is 12.3 Å². The number of aromatic nitrogens is 1. The highest BCUT2D eigenvalue weighted by molar-refractivity contribution is 9.10. The van der Waals surface area contributed by atoms with Gasteiger partial charge in [0.15, 0.2) is 0 Å². The third kappa shape index (κ3) is 5.59. The number of rotatable bonds is 6. The number of benzene rings is 2. The van der Waals surface area contributed by atoms with Crippen LogP contribution >= 0.6 is 15.9 Å². The van der Waals surface area contributed by atoms with Crippen LogP contribution in [-0.4, -0.2) is 22.5 Å².